The minimum absolute atomic E-state index is 0.0156. The van der Waals surface area contributed by atoms with Crippen molar-refractivity contribution in [3.63, 3.8) is 0 Å². The summed E-state index contributed by atoms with van der Waals surface area (Å²) in [5.41, 5.74) is 6.00. The van der Waals surface area contributed by atoms with Crippen molar-refractivity contribution in [1.29, 1.82) is 0 Å². The van der Waals surface area contributed by atoms with Gasteiger partial charge in [0.05, 0.1) is 36.4 Å². The first-order valence-corrected chi connectivity index (χ1v) is 27.2. The normalized spacial score (nSPS) is 16.8. The van der Waals surface area contributed by atoms with Crippen molar-refractivity contribution in [2.45, 2.75) is 64.8 Å². The summed E-state index contributed by atoms with van der Waals surface area (Å²) in [5, 5.41) is 18.8. The van der Waals surface area contributed by atoms with E-state index in [1.54, 1.807) is 55.0 Å². The van der Waals surface area contributed by atoms with Gasteiger partial charge in [-0.15, -0.1) is 21.5 Å². The van der Waals surface area contributed by atoms with E-state index < -0.39 is 25.9 Å². The smallest absolute Gasteiger partial charge is 0.382 e. The van der Waals surface area contributed by atoms with Crippen molar-refractivity contribution in [2.75, 3.05) is 76.3 Å². The quantitative estimate of drug-likeness (QED) is 0.0974. The molecule has 6 aromatic rings. The maximum atomic E-state index is 14.0. The number of aliphatic imine (C=N–C) groups is 1. The Morgan fingerprint density at radius 2 is 1.59 bits per heavy atom. The average molecular weight is 1010 g/mol. The number of amides is 2. The summed E-state index contributed by atoms with van der Waals surface area (Å²) < 4.78 is 57.3. The van der Waals surface area contributed by atoms with Gasteiger partial charge in [0, 0.05) is 88.4 Å². The van der Waals surface area contributed by atoms with Crippen molar-refractivity contribution in [3.05, 3.63) is 117 Å². The second kappa shape index (κ2) is 20.1. The molecule has 0 aliphatic carbocycles. The fourth-order valence-corrected chi connectivity index (χ4v) is 11.7. The molecule has 9 rings (SSSR count). The van der Waals surface area contributed by atoms with Gasteiger partial charge in [-0.1, -0.05) is 35.7 Å². The summed E-state index contributed by atoms with van der Waals surface area (Å²) in [5.74, 6) is 7.23. The molecular formula is C51H55ClF3N10O3PS. The molecule has 3 aliphatic rings. The topological polar surface area (TPSA) is 133 Å². The van der Waals surface area contributed by atoms with Crippen molar-refractivity contribution in [1.82, 2.24) is 34.0 Å². The van der Waals surface area contributed by atoms with Crippen LogP contribution >= 0.6 is 30.1 Å². The molecule has 2 N–H and O–H groups in total. The number of fused-ring (bicyclic) bond motifs is 4. The number of benzene rings is 3. The highest BCUT2D eigenvalue weighted by molar-refractivity contribution is 7.70. The van der Waals surface area contributed by atoms with Crippen LogP contribution in [-0.4, -0.2) is 129 Å². The summed E-state index contributed by atoms with van der Waals surface area (Å²) in [6.07, 6.45) is -2.87. The summed E-state index contributed by atoms with van der Waals surface area (Å²) >= 11 is 7.94. The van der Waals surface area contributed by atoms with Crippen LogP contribution in [0.4, 0.5) is 24.5 Å². The SMILES string of the molecule is Cc1sc2c(c1C)C(c1ccc(Cl)cc1)=N[C@@H](CC(=O)N1CCN(C(=O)CN3CCC(Nc4cccc5c4cc(C#CCNc4ccc(P(C)(C)=O)cc4)n5CC(F)(F)F)CC3)CC1)c1nnc(C)n1-2. The Bertz CT molecular complexity index is 3080. The standard InChI is InChI=1S/C51H55ClF3N10O3PS/c1-32-33(2)70-50-47(32)48(35-11-13-36(52)14-12-35)58-43(49-60-59-34(3)65(49)50)29-45(66)62-24-26-63(27-25-62)46(67)30-61-22-19-38(20-23-61)57-42-9-6-10-44-41(42)28-39(64(44)31-51(53,54)55)8-7-21-56-37-15-17-40(18-16-37)69(4,5)68/h6,9-18,28,38,43,56-57H,19-27,29-31H2,1-5H3/t43-/m0/s1. The fourth-order valence-electron chi connectivity index (χ4n) is 9.46. The number of nitrogens with one attached hydrogen (secondary N) is 2. The highest BCUT2D eigenvalue weighted by atomic mass is 35.5. The van der Waals surface area contributed by atoms with Gasteiger partial charge in [-0.2, -0.15) is 13.2 Å². The third-order valence-electron chi connectivity index (χ3n) is 13.4. The van der Waals surface area contributed by atoms with Crippen LogP contribution in [0.5, 0.6) is 0 Å². The molecule has 1 atom stereocenters. The van der Waals surface area contributed by atoms with Gasteiger partial charge in [-0.05, 0) is 113 Å². The summed E-state index contributed by atoms with van der Waals surface area (Å²) in [7, 11) is -2.39. The molecule has 0 saturated carbocycles. The number of rotatable bonds is 11. The van der Waals surface area contributed by atoms with E-state index in [1.165, 1.54) is 4.57 Å². The molecular weight excluding hydrogens is 956 g/mol. The van der Waals surface area contributed by atoms with E-state index in [9.17, 15) is 27.3 Å². The average Bonchev–Trinajstić information content (AvgIpc) is 3.95. The van der Waals surface area contributed by atoms with E-state index in [2.05, 4.69) is 51.4 Å². The number of likely N-dealkylation sites (tertiary alicyclic amines) is 1. The van der Waals surface area contributed by atoms with Gasteiger partial charge in [-0.3, -0.25) is 24.0 Å². The highest BCUT2D eigenvalue weighted by Crippen LogP contribution is 2.40. The van der Waals surface area contributed by atoms with Gasteiger partial charge < -0.3 is 29.6 Å². The predicted octanol–water partition coefficient (Wildman–Crippen LogP) is 8.67. The fraction of sp³-hybridized carbons (Fsp3) is 0.392. The number of alkyl halides is 3. The Balaban J connectivity index is 0.792. The monoisotopic (exact) mass is 1010 g/mol. The number of thiophene rings is 1. The molecule has 0 radical (unpaired) electrons. The van der Waals surface area contributed by atoms with Crippen molar-refractivity contribution >= 4 is 75.2 Å². The molecule has 3 aromatic carbocycles. The number of aryl methyl sites for hydroxylation is 2. The van der Waals surface area contributed by atoms with Gasteiger partial charge in [0.15, 0.2) is 5.82 Å². The number of nitrogens with zero attached hydrogens (tertiary/aromatic N) is 8. The molecule has 2 amide bonds. The van der Waals surface area contributed by atoms with Crippen LogP contribution in [0.25, 0.3) is 15.9 Å². The molecule has 70 heavy (non-hydrogen) atoms. The second-order valence-corrected chi connectivity index (χ2v) is 23.4. The van der Waals surface area contributed by atoms with Crippen LogP contribution < -0.4 is 15.9 Å². The van der Waals surface area contributed by atoms with Gasteiger partial charge in [0.25, 0.3) is 0 Å². The molecule has 0 unspecified atom stereocenters. The molecule has 19 heteroatoms. The zero-order valence-electron chi connectivity index (χ0n) is 39.7. The molecule has 13 nitrogen and oxygen atoms in total. The lowest BCUT2D eigenvalue weighted by Crippen LogP contribution is -2.53. The summed E-state index contributed by atoms with van der Waals surface area (Å²) in [4.78, 5) is 39.9. The van der Waals surface area contributed by atoms with E-state index in [-0.39, 0.29) is 43.1 Å². The maximum Gasteiger partial charge on any atom is 0.406 e. The molecule has 3 aromatic heterocycles. The van der Waals surface area contributed by atoms with Gasteiger partial charge in [0.2, 0.25) is 11.8 Å². The number of hydrogen-bond acceptors (Lipinski definition) is 10. The largest absolute Gasteiger partial charge is 0.406 e. The van der Waals surface area contributed by atoms with Gasteiger partial charge in [-0.25, -0.2) is 0 Å². The number of piperazine rings is 1. The van der Waals surface area contributed by atoms with Crippen LogP contribution in [0.1, 0.15) is 64.2 Å². The molecule has 2 fully saturated rings. The Morgan fingerprint density at radius 3 is 2.26 bits per heavy atom. The second-order valence-electron chi connectivity index (χ2n) is 18.6. The highest BCUT2D eigenvalue weighted by Gasteiger charge is 2.35. The zero-order chi connectivity index (χ0) is 49.5. The number of piperidine rings is 1. The van der Waals surface area contributed by atoms with E-state index in [4.69, 9.17) is 16.6 Å². The number of halogens is 4. The number of carbonyl (C=O) groups is 2. The van der Waals surface area contributed by atoms with Crippen molar-refractivity contribution in [3.8, 4) is 16.8 Å². The maximum absolute atomic E-state index is 14.0. The predicted molar refractivity (Wildman–Crippen MR) is 273 cm³/mol. The third kappa shape index (κ3) is 10.7. The van der Waals surface area contributed by atoms with E-state index in [1.807, 2.05) is 63.8 Å². The molecule has 0 spiro atoms. The Kier molecular flexibility index (Phi) is 14.1. The van der Waals surface area contributed by atoms with Crippen LogP contribution in [-0.2, 0) is 20.7 Å². The number of carbonyl (C=O) groups excluding carboxylic acids is 2. The van der Waals surface area contributed by atoms with E-state index >= 15 is 0 Å². The Hall–Kier alpha value is -5.92. The molecule has 366 valence electrons. The molecule has 6 heterocycles. The lowest BCUT2D eigenvalue weighted by molar-refractivity contribution is -0.140. The van der Waals surface area contributed by atoms with Crippen molar-refractivity contribution in [2.24, 2.45) is 4.99 Å². The minimum Gasteiger partial charge on any atom is -0.382 e. The number of anilines is 2. The lowest BCUT2D eigenvalue weighted by Gasteiger charge is -2.37. The van der Waals surface area contributed by atoms with Crippen LogP contribution in [0.2, 0.25) is 5.02 Å². The van der Waals surface area contributed by atoms with Crippen LogP contribution in [0, 0.1) is 32.6 Å². The first-order valence-electron chi connectivity index (χ1n) is 23.4. The van der Waals surface area contributed by atoms with Crippen LogP contribution in [0.15, 0.2) is 77.8 Å². The first-order chi connectivity index (χ1) is 33.4. The zero-order valence-corrected chi connectivity index (χ0v) is 42.2. The third-order valence-corrected chi connectivity index (χ3v) is 16.4. The number of aromatic nitrogens is 4. The first kappa shape index (κ1) is 49.1. The Morgan fingerprint density at radius 1 is 0.900 bits per heavy atom. The summed E-state index contributed by atoms with van der Waals surface area (Å²) in [6.45, 7) is 11.8. The Labute approximate surface area is 414 Å². The minimum atomic E-state index is -4.45. The molecule has 0 bridgehead atoms. The van der Waals surface area contributed by atoms with Gasteiger partial charge >= 0.3 is 6.18 Å². The van der Waals surface area contributed by atoms with E-state index in [0.29, 0.717) is 61.0 Å². The van der Waals surface area contributed by atoms with Gasteiger partial charge in [0.1, 0.15) is 30.6 Å². The number of hydrogen-bond donors (Lipinski definition) is 2. The van der Waals surface area contributed by atoms with Crippen LogP contribution in [0.3, 0.4) is 0 Å². The van der Waals surface area contributed by atoms with Crippen molar-refractivity contribution < 1.29 is 27.3 Å². The van der Waals surface area contributed by atoms with E-state index in [0.717, 1.165) is 67.6 Å². The summed E-state index contributed by atoms with van der Waals surface area (Å²) in [6, 6.07) is 21.3. The molecule has 3 aliphatic heterocycles. The molecule has 2 saturated heterocycles. The lowest BCUT2D eigenvalue weighted by atomic mass is 9.99.